The number of hydrogen-bond acceptors (Lipinski definition) is 1. The van der Waals surface area contributed by atoms with Gasteiger partial charge in [0.25, 0.3) is 0 Å². The summed E-state index contributed by atoms with van der Waals surface area (Å²) in [6.07, 6.45) is 0. The summed E-state index contributed by atoms with van der Waals surface area (Å²) in [5, 5.41) is 0. The largest absolute Gasteiger partial charge is 0 e. The molecule has 0 aromatic carbocycles. The van der Waals surface area contributed by atoms with Gasteiger partial charge in [0.1, 0.15) is 0 Å². The Morgan fingerprint density at radius 3 is 1.17 bits per heavy atom. The first-order valence-electron chi connectivity index (χ1n) is 0.783. The van der Waals surface area contributed by atoms with Gasteiger partial charge in [-0.3, -0.25) is 0 Å². The quantitative estimate of drug-likeness (QED) is 0.419. The molecule has 0 fully saturated rings. The van der Waals surface area contributed by atoms with Crippen molar-refractivity contribution in [3.63, 3.8) is 0 Å². The zero-order valence-corrected chi connectivity index (χ0v) is 6.49. The SMILES string of the molecule is O=[As](O)(O)O.[Mo]. The van der Waals surface area contributed by atoms with Crippen LogP contribution in [-0.2, 0) is 24.8 Å². The fourth-order valence-corrected chi connectivity index (χ4v) is 0. The third-order valence-electron chi connectivity index (χ3n) is 0. The van der Waals surface area contributed by atoms with Crippen molar-refractivity contribution >= 4 is 14.5 Å². The van der Waals surface area contributed by atoms with Gasteiger partial charge in [-0.15, -0.1) is 0 Å². The Bertz CT molecular complexity index is 53.7. The molecule has 0 unspecified atom stereocenters. The predicted molar refractivity (Wildman–Crippen MR) is 13.1 cm³/mol. The zero-order valence-electron chi connectivity index (χ0n) is 2.61. The van der Waals surface area contributed by atoms with E-state index < -0.39 is 14.5 Å². The molecule has 0 bridgehead atoms. The van der Waals surface area contributed by atoms with E-state index in [2.05, 4.69) is 0 Å². The molecule has 0 amide bonds. The molecule has 0 heterocycles. The minimum Gasteiger partial charge on any atom is 0 e. The summed E-state index contributed by atoms with van der Waals surface area (Å²) in [6, 6.07) is 0. The molecular weight excluding hydrogens is 235 g/mol. The maximum Gasteiger partial charge on any atom is 0 e. The van der Waals surface area contributed by atoms with Crippen LogP contribution in [0.25, 0.3) is 0 Å². The summed E-state index contributed by atoms with van der Waals surface area (Å²) in [6.45, 7) is 0. The molecule has 0 saturated carbocycles. The third-order valence-corrected chi connectivity index (χ3v) is 0. The van der Waals surface area contributed by atoms with Crippen molar-refractivity contribution in [2.75, 3.05) is 0 Å². The Morgan fingerprint density at radius 1 is 1.17 bits per heavy atom. The molecular formula is H3AsMoO4. The minimum absolute atomic E-state index is 0. The molecule has 0 aliphatic heterocycles. The maximum absolute atomic E-state index is 8.94. The number of rotatable bonds is 0. The van der Waals surface area contributed by atoms with Crippen molar-refractivity contribution in [1.29, 1.82) is 0 Å². The second-order valence-corrected chi connectivity index (χ2v) is 2.67. The van der Waals surface area contributed by atoms with Crippen molar-refractivity contribution in [2.24, 2.45) is 0 Å². The van der Waals surface area contributed by atoms with E-state index in [4.69, 9.17) is 16.0 Å². The van der Waals surface area contributed by atoms with E-state index in [0.717, 1.165) is 0 Å². The van der Waals surface area contributed by atoms with Gasteiger partial charge in [0, 0.05) is 21.1 Å². The first-order valence-corrected chi connectivity index (χ1v) is 4.07. The van der Waals surface area contributed by atoms with E-state index in [1.165, 1.54) is 0 Å². The summed E-state index contributed by atoms with van der Waals surface area (Å²) >= 11 is -5.12. The van der Waals surface area contributed by atoms with Gasteiger partial charge in [-0.1, -0.05) is 0 Å². The topological polar surface area (TPSA) is 77.8 Å². The Morgan fingerprint density at radius 2 is 1.17 bits per heavy atom. The van der Waals surface area contributed by atoms with Gasteiger partial charge < -0.3 is 0 Å². The fraction of sp³-hybridized carbons (Fsp3) is 0. The summed E-state index contributed by atoms with van der Waals surface area (Å²) in [5.41, 5.74) is 0. The van der Waals surface area contributed by atoms with Gasteiger partial charge in [-0.25, -0.2) is 0 Å². The van der Waals surface area contributed by atoms with E-state index in [0.29, 0.717) is 0 Å². The smallest absolute Gasteiger partial charge is 0 e. The molecule has 6 heavy (non-hydrogen) atoms. The first kappa shape index (κ1) is 10.0. The van der Waals surface area contributed by atoms with Gasteiger partial charge in [0.05, 0.1) is 0 Å². The van der Waals surface area contributed by atoms with Gasteiger partial charge in [0.15, 0.2) is 0 Å². The molecule has 0 spiro atoms. The van der Waals surface area contributed by atoms with E-state index in [1.54, 1.807) is 0 Å². The molecule has 0 atom stereocenters. The van der Waals surface area contributed by atoms with E-state index in [9.17, 15) is 0 Å². The minimum atomic E-state index is -5.12. The van der Waals surface area contributed by atoms with Crippen LogP contribution in [0, 0.1) is 0 Å². The number of hydrogen-bond donors (Lipinski definition) is 3. The average Bonchev–Trinajstić information content (AvgIpc) is 0.722. The standard InChI is InChI=1S/AsH3O4.Mo/c2-1(3,4)5;/h(H3,2,3,4,5);. The van der Waals surface area contributed by atoms with Gasteiger partial charge in [0.2, 0.25) is 0 Å². The second-order valence-electron chi connectivity index (χ2n) is 0.513. The third kappa shape index (κ3) is 88.5. The van der Waals surface area contributed by atoms with Crippen LogP contribution in [0.4, 0.5) is 0 Å². The van der Waals surface area contributed by atoms with Crippen molar-refractivity contribution in [3.05, 3.63) is 0 Å². The average molecular weight is 238 g/mol. The Hall–Kier alpha value is 0.927. The van der Waals surface area contributed by atoms with Crippen molar-refractivity contribution in [2.45, 2.75) is 0 Å². The van der Waals surface area contributed by atoms with Crippen LogP contribution < -0.4 is 0 Å². The van der Waals surface area contributed by atoms with E-state index in [1.807, 2.05) is 0 Å². The van der Waals surface area contributed by atoms with Crippen LogP contribution in [0.2, 0.25) is 0 Å². The summed E-state index contributed by atoms with van der Waals surface area (Å²) in [5.74, 6) is 0. The van der Waals surface area contributed by atoms with Crippen molar-refractivity contribution in [1.82, 2.24) is 0 Å². The van der Waals surface area contributed by atoms with Crippen LogP contribution in [0.5, 0.6) is 0 Å². The maximum atomic E-state index is 8.94. The monoisotopic (exact) mass is 240 g/mol. The normalized spacial score (nSPS) is 9.83. The van der Waals surface area contributed by atoms with E-state index >= 15 is 0 Å². The van der Waals surface area contributed by atoms with Gasteiger partial charge >= 0.3 is 30.5 Å². The molecule has 0 rings (SSSR count). The molecule has 6 heteroatoms. The summed E-state index contributed by atoms with van der Waals surface area (Å²) in [7, 11) is 0. The van der Waals surface area contributed by atoms with Gasteiger partial charge in [-0.05, 0) is 0 Å². The van der Waals surface area contributed by atoms with Crippen LogP contribution in [0.1, 0.15) is 0 Å². The Kier molecular flexibility index (Phi) is 5.01. The fourth-order valence-electron chi connectivity index (χ4n) is 0. The summed E-state index contributed by atoms with van der Waals surface area (Å²) in [4.78, 5) is 0. The molecule has 0 aromatic heterocycles. The molecule has 0 saturated heterocycles. The molecule has 3 N–H and O–H groups in total. The predicted octanol–water partition coefficient (Wildman–Crippen LogP) is -2.17. The van der Waals surface area contributed by atoms with Crippen LogP contribution in [0.3, 0.4) is 0 Å². The molecule has 0 aromatic rings. The van der Waals surface area contributed by atoms with Crippen LogP contribution in [0.15, 0.2) is 0 Å². The van der Waals surface area contributed by atoms with E-state index in [-0.39, 0.29) is 21.1 Å². The molecule has 4 nitrogen and oxygen atoms in total. The van der Waals surface area contributed by atoms with Gasteiger partial charge in [-0.2, -0.15) is 0 Å². The molecule has 38 valence electrons. The second kappa shape index (κ2) is 3.00. The molecule has 0 radical (unpaired) electrons. The van der Waals surface area contributed by atoms with Crippen molar-refractivity contribution < 1.29 is 37.1 Å². The zero-order chi connectivity index (χ0) is 4.50. The van der Waals surface area contributed by atoms with Crippen molar-refractivity contribution in [3.8, 4) is 0 Å². The molecule has 0 aliphatic rings. The molecule has 0 aliphatic carbocycles. The first-order chi connectivity index (χ1) is 2.00. The van der Waals surface area contributed by atoms with Crippen LogP contribution >= 0.6 is 0 Å². The Balaban J connectivity index is 0. The Labute approximate surface area is 51.8 Å². The summed E-state index contributed by atoms with van der Waals surface area (Å²) < 4.78 is 30.7. The van der Waals surface area contributed by atoms with Crippen LogP contribution in [-0.4, -0.2) is 26.8 Å².